The molecule has 0 radical (unpaired) electrons. The van der Waals surface area contributed by atoms with Gasteiger partial charge in [0.05, 0.1) is 0 Å². The molecule has 0 spiro atoms. The molecule has 2 N–H and O–H groups in total. The van der Waals surface area contributed by atoms with E-state index in [1.54, 1.807) is 0 Å². The van der Waals surface area contributed by atoms with Gasteiger partial charge in [0.2, 0.25) is 5.91 Å². The van der Waals surface area contributed by atoms with Crippen LogP contribution in [-0.4, -0.2) is 23.5 Å². The van der Waals surface area contributed by atoms with E-state index >= 15 is 0 Å². The summed E-state index contributed by atoms with van der Waals surface area (Å²) in [6, 6.07) is 0.273. The number of carbonyl (C=O) groups excluding carboxylic acids is 1. The third kappa shape index (κ3) is 23.2. The minimum absolute atomic E-state index is 0.221. The second kappa shape index (κ2) is 21.9. The van der Waals surface area contributed by atoms with Gasteiger partial charge in [0, 0.05) is 11.5 Å². The van der Waals surface area contributed by atoms with E-state index in [0.29, 0.717) is 5.92 Å². The molecule has 31 heavy (non-hydrogen) atoms. The molecule has 4 nitrogen and oxygen atoms in total. The summed E-state index contributed by atoms with van der Waals surface area (Å²) in [4.78, 5) is 20.9. The second-order valence-electron chi connectivity index (χ2n) is 9.97. The first-order chi connectivity index (χ1) is 14.7. The summed E-state index contributed by atoms with van der Waals surface area (Å²) in [7, 11) is 0. The van der Waals surface area contributed by atoms with Crippen LogP contribution < -0.4 is 5.32 Å². The lowest BCUT2D eigenvalue weighted by Crippen LogP contribution is -2.42. The maximum Gasteiger partial charge on any atom is 0.290 e. The molecule has 0 saturated carbocycles. The summed E-state index contributed by atoms with van der Waals surface area (Å²) in [6.45, 7) is 12.7. The number of allylic oxidation sites excluding steroid dienone is 2. The summed E-state index contributed by atoms with van der Waals surface area (Å²) in [6.07, 6.45) is 22.5. The minimum Gasteiger partial charge on any atom is -0.483 e. The molecule has 184 valence electrons. The second-order valence-corrected chi connectivity index (χ2v) is 9.97. The van der Waals surface area contributed by atoms with Crippen molar-refractivity contribution in [2.75, 3.05) is 0 Å². The van der Waals surface area contributed by atoms with Gasteiger partial charge < -0.3 is 10.4 Å². The number of nitrogens with one attached hydrogen (secondary N) is 1. The smallest absolute Gasteiger partial charge is 0.290 e. The van der Waals surface area contributed by atoms with Crippen LogP contribution in [-0.2, 0) is 9.59 Å². The Morgan fingerprint density at radius 3 is 1.81 bits per heavy atom. The van der Waals surface area contributed by atoms with Crippen LogP contribution in [0.1, 0.15) is 131 Å². The lowest BCUT2D eigenvalue weighted by Gasteiger charge is -2.26. The fraction of sp³-hybridized carbons (Fsp3) is 0.852. The normalized spacial score (nSPS) is 12.5. The Labute approximate surface area is 193 Å². The maximum absolute atomic E-state index is 12.5. The van der Waals surface area contributed by atoms with Crippen LogP contribution in [0.15, 0.2) is 12.2 Å². The van der Waals surface area contributed by atoms with Gasteiger partial charge in [-0.3, -0.25) is 9.59 Å². The van der Waals surface area contributed by atoms with Crippen molar-refractivity contribution in [2.45, 2.75) is 137 Å². The van der Waals surface area contributed by atoms with Gasteiger partial charge in [-0.05, 0) is 51.4 Å². The molecule has 0 rings (SSSR count). The zero-order valence-corrected chi connectivity index (χ0v) is 21.5. The molecule has 0 aromatic carbocycles. The van der Waals surface area contributed by atoms with E-state index in [-0.39, 0.29) is 23.8 Å². The Kier molecular flexibility index (Phi) is 22.5. The average Bonchev–Trinajstić information content (AvgIpc) is 2.68. The van der Waals surface area contributed by atoms with E-state index in [0.717, 1.165) is 19.3 Å². The van der Waals surface area contributed by atoms with Crippen molar-refractivity contribution in [1.82, 2.24) is 5.32 Å². The van der Waals surface area contributed by atoms with E-state index in [1.165, 1.54) is 70.6 Å². The van der Waals surface area contributed by atoms with Crippen LogP contribution in [0.5, 0.6) is 0 Å². The van der Waals surface area contributed by atoms with Gasteiger partial charge in [-0.2, -0.15) is 0 Å². The monoisotopic (exact) mass is 439 g/mol. The van der Waals surface area contributed by atoms with Gasteiger partial charge >= 0.3 is 0 Å². The number of hydrogen-bond donors (Lipinski definition) is 2. The van der Waals surface area contributed by atoms with Crippen molar-refractivity contribution >= 4 is 12.4 Å². The van der Waals surface area contributed by atoms with Crippen LogP contribution in [0, 0.1) is 11.3 Å². The van der Waals surface area contributed by atoms with Crippen molar-refractivity contribution in [3.05, 3.63) is 12.2 Å². The number of rotatable bonds is 18. The van der Waals surface area contributed by atoms with Gasteiger partial charge in [0.15, 0.2) is 0 Å². The van der Waals surface area contributed by atoms with Gasteiger partial charge in [-0.1, -0.05) is 98.1 Å². The molecule has 1 unspecified atom stereocenters. The Bertz CT molecular complexity index is 444. The summed E-state index contributed by atoms with van der Waals surface area (Å²) in [5.41, 5.74) is -0.248. The summed E-state index contributed by atoms with van der Waals surface area (Å²) < 4.78 is 0. The fourth-order valence-electron chi connectivity index (χ4n) is 3.76. The molecule has 1 amide bonds. The topological polar surface area (TPSA) is 66.4 Å². The lowest BCUT2D eigenvalue weighted by atomic mass is 9.85. The number of amides is 1. The third-order valence-electron chi connectivity index (χ3n) is 5.63. The van der Waals surface area contributed by atoms with Gasteiger partial charge in [0.1, 0.15) is 0 Å². The van der Waals surface area contributed by atoms with Gasteiger partial charge in [0.25, 0.3) is 6.47 Å². The number of unbranched alkanes of at least 4 members (excludes halogenated alkanes) is 10. The van der Waals surface area contributed by atoms with Gasteiger partial charge in [-0.25, -0.2) is 0 Å². The highest BCUT2D eigenvalue weighted by atomic mass is 16.3. The first-order valence-corrected chi connectivity index (χ1v) is 12.7. The zero-order valence-electron chi connectivity index (χ0n) is 21.5. The number of carboxylic acid groups (broad SMARTS) is 1. The molecule has 0 aliphatic rings. The maximum atomic E-state index is 12.5. The predicted octanol–water partition coefficient (Wildman–Crippen LogP) is 7.91. The Hall–Kier alpha value is -1.32. The first kappa shape index (κ1) is 31.9. The van der Waals surface area contributed by atoms with Crippen molar-refractivity contribution in [1.29, 1.82) is 0 Å². The highest BCUT2D eigenvalue weighted by Gasteiger charge is 2.27. The first-order valence-electron chi connectivity index (χ1n) is 12.7. The molecule has 0 heterocycles. The van der Waals surface area contributed by atoms with Crippen molar-refractivity contribution in [2.24, 2.45) is 11.3 Å². The summed E-state index contributed by atoms with van der Waals surface area (Å²) in [5.74, 6) is 0.844. The Balaban J connectivity index is 0. The SMILES string of the molecule is CCCCCCCC/C=C\CCCCCCC(C)(C)C(=O)NC(C)CC(C)C.O=CO. The Morgan fingerprint density at radius 1 is 0.871 bits per heavy atom. The van der Waals surface area contributed by atoms with E-state index in [4.69, 9.17) is 9.90 Å². The van der Waals surface area contributed by atoms with Crippen LogP contribution >= 0.6 is 0 Å². The molecule has 4 heteroatoms. The van der Waals surface area contributed by atoms with Crippen LogP contribution in [0.25, 0.3) is 0 Å². The largest absolute Gasteiger partial charge is 0.483 e. The standard InChI is InChI=1S/C26H51NO.CH2O2/c1-7-8-9-10-11-12-13-14-15-16-17-18-19-20-21-26(5,6)25(28)27-24(4)22-23(2)3;2-1-3/h14-15,23-24H,7-13,16-22H2,1-6H3,(H,27,28);1H,(H,2,3)/b15-14-;. The molecular formula is C27H53NO3. The third-order valence-corrected chi connectivity index (χ3v) is 5.63. The van der Waals surface area contributed by atoms with E-state index in [1.807, 2.05) is 0 Å². The number of hydrogen-bond acceptors (Lipinski definition) is 2. The van der Waals surface area contributed by atoms with Crippen LogP contribution in [0.4, 0.5) is 0 Å². The van der Waals surface area contributed by atoms with Crippen LogP contribution in [0.3, 0.4) is 0 Å². The molecule has 0 aromatic heterocycles. The minimum atomic E-state index is -0.250. The lowest BCUT2D eigenvalue weighted by molar-refractivity contribution is -0.130. The predicted molar refractivity (Wildman–Crippen MR) is 134 cm³/mol. The van der Waals surface area contributed by atoms with E-state index < -0.39 is 0 Å². The summed E-state index contributed by atoms with van der Waals surface area (Å²) >= 11 is 0. The molecule has 0 aliphatic heterocycles. The van der Waals surface area contributed by atoms with Crippen molar-refractivity contribution in [3.8, 4) is 0 Å². The van der Waals surface area contributed by atoms with Gasteiger partial charge in [-0.15, -0.1) is 0 Å². The molecule has 0 fully saturated rings. The molecule has 0 aliphatic carbocycles. The zero-order chi connectivity index (χ0) is 24.0. The Morgan fingerprint density at radius 2 is 1.32 bits per heavy atom. The molecule has 0 aromatic rings. The fourth-order valence-corrected chi connectivity index (χ4v) is 3.76. The van der Waals surface area contributed by atoms with Crippen molar-refractivity contribution < 1.29 is 14.7 Å². The molecule has 0 saturated heterocycles. The molecule has 0 bridgehead atoms. The summed E-state index contributed by atoms with van der Waals surface area (Å²) in [5, 5.41) is 10.1. The highest BCUT2D eigenvalue weighted by molar-refractivity contribution is 5.81. The highest BCUT2D eigenvalue weighted by Crippen LogP contribution is 2.25. The molecular weight excluding hydrogens is 386 g/mol. The van der Waals surface area contributed by atoms with E-state index in [9.17, 15) is 4.79 Å². The number of carbonyl (C=O) groups is 2. The van der Waals surface area contributed by atoms with Crippen LogP contribution in [0.2, 0.25) is 0 Å². The molecule has 1 atom stereocenters. The average molecular weight is 440 g/mol. The van der Waals surface area contributed by atoms with E-state index in [2.05, 4.69) is 59.0 Å². The quantitative estimate of drug-likeness (QED) is 0.129. The van der Waals surface area contributed by atoms with Crippen molar-refractivity contribution in [3.63, 3.8) is 0 Å².